The number of ether oxygens (including phenoxy) is 1. The second-order valence-corrected chi connectivity index (χ2v) is 6.23. The van der Waals surface area contributed by atoms with E-state index < -0.39 is 0 Å². The molecule has 0 bridgehead atoms. The van der Waals surface area contributed by atoms with Gasteiger partial charge in [0.2, 0.25) is 0 Å². The van der Waals surface area contributed by atoms with Crippen LogP contribution in [0.3, 0.4) is 0 Å². The van der Waals surface area contributed by atoms with Crippen LogP contribution in [0.2, 0.25) is 0 Å². The number of rotatable bonds is 4. The lowest BCUT2D eigenvalue weighted by Crippen LogP contribution is -2.24. The van der Waals surface area contributed by atoms with Gasteiger partial charge >= 0.3 is 0 Å². The predicted molar refractivity (Wildman–Crippen MR) is 91.1 cm³/mol. The topological polar surface area (TPSA) is 33.3 Å². The van der Waals surface area contributed by atoms with E-state index in [1.54, 1.807) is 0 Å². The number of aryl methyl sites for hydroxylation is 2. The second-order valence-electron chi connectivity index (χ2n) is 6.23. The number of nitrogens with one attached hydrogen (secondary N) is 2. The maximum Gasteiger partial charge on any atom is 0.125 e. The highest BCUT2D eigenvalue weighted by Crippen LogP contribution is 2.32. The summed E-state index contributed by atoms with van der Waals surface area (Å²) in [5, 5.41) is 6.70. The zero-order chi connectivity index (χ0) is 14.9. The Morgan fingerprint density at radius 2 is 1.82 bits per heavy atom. The van der Waals surface area contributed by atoms with Gasteiger partial charge in [0.1, 0.15) is 11.9 Å². The van der Waals surface area contributed by atoms with Crippen molar-refractivity contribution in [2.75, 3.05) is 24.2 Å². The maximum absolute atomic E-state index is 6.06. The lowest BCUT2D eigenvalue weighted by molar-refractivity contribution is 0.246. The third kappa shape index (κ3) is 2.52. The van der Waals surface area contributed by atoms with E-state index >= 15 is 0 Å². The van der Waals surface area contributed by atoms with Gasteiger partial charge in [-0.1, -0.05) is 12.1 Å². The van der Waals surface area contributed by atoms with E-state index in [1.165, 1.54) is 41.6 Å². The van der Waals surface area contributed by atoms with Gasteiger partial charge in [-0.15, -0.1) is 0 Å². The molecule has 1 atom stereocenters. The Kier molecular flexibility index (Phi) is 3.41. The summed E-state index contributed by atoms with van der Waals surface area (Å²) < 4.78 is 6.06. The summed E-state index contributed by atoms with van der Waals surface area (Å²) in [6, 6.07) is 13.1. The molecule has 22 heavy (non-hydrogen) atoms. The van der Waals surface area contributed by atoms with E-state index in [-0.39, 0.29) is 6.10 Å². The van der Waals surface area contributed by atoms with Crippen LogP contribution >= 0.6 is 0 Å². The number of fused-ring (bicyclic) bond motifs is 2. The Hall–Kier alpha value is -2.16. The first-order valence-corrected chi connectivity index (χ1v) is 8.15. The third-order valence-electron chi connectivity index (χ3n) is 4.73. The average Bonchev–Trinajstić information content (AvgIpc) is 3.17. The molecule has 0 amide bonds. The lowest BCUT2D eigenvalue weighted by Gasteiger charge is -2.14. The van der Waals surface area contributed by atoms with E-state index in [0.717, 1.165) is 24.4 Å². The number of hydrogen-bond donors (Lipinski definition) is 2. The van der Waals surface area contributed by atoms with Crippen molar-refractivity contribution in [1.29, 1.82) is 0 Å². The SMILES string of the molecule is CNc1ccc2c(c1)OC(CNc1ccc3c(c1)CCC3)C2. The molecule has 0 aromatic heterocycles. The Bertz CT molecular complexity index is 696. The monoisotopic (exact) mass is 294 g/mol. The van der Waals surface area contributed by atoms with E-state index in [4.69, 9.17) is 4.74 Å². The first-order chi connectivity index (χ1) is 10.8. The summed E-state index contributed by atoms with van der Waals surface area (Å²) in [4.78, 5) is 0. The van der Waals surface area contributed by atoms with Crippen molar-refractivity contribution in [3.63, 3.8) is 0 Å². The van der Waals surface area contributed by atoms with Crippen molar-refractivity contribution in [2.45, 2.75) is 31.8 Å². The van der Waals surface area contributed by atoms with Crippen LogP contribution in [0, 0.1) is 0 Å². The van der Waals surface area contributed by atoms with Crippen molar-refractivity contribution in [1.82, 2.24) is 0 Å². The lowest BCUT2D eigenvalue weighted by atomic mass is 10.1. The van der Waals surface area contributed by atoms with Crippen LogP contribution in [0.4, 0.5) is 11.4 Å². The quantitative estimate of drug-likeness (QED) is 0.903. The highest BCUT2D eigenvalue weighted by molar-refractivity contribution is 5.54. The summed E-state index contributed by atoms with van der Waals surface area (Å²) >= 11 is 0. The molecule has 0 radical (unpaired) electrons. The molecule has 2 aromatic rings. The van der Waals surface area contributed by atoms with Gasteiger partial charge in [0.15, 0.2) is 0 Å². The Morgan fingerprint density at radius 1 is 1.00 bits per heavy atom. The van der Waals surface area contributed by atoms with Crippen LogP contribution in [0.1, 0.15) is 23.1 Å². The minimum absolute atomic E-state index is 0.218. The molecule has 3 nitrogen and oxygen atoms in total. The average molecular weight is 294 g/mol. The smallest absolute Gasteiger partial charge is 0.125 e. The highest BCUT2D eigenvalue weighted by Gasteiger charge is 2.23. The molecule has 2 aromatic carbocycles. The van der Waals surface area contributed by atoms with E-state index in [2.05, 4.69) is 47.0 Å². The van der Waals surface area contributed by atoms with Crippen LogP contribution in [0.15, 0.2) is 36.4 Å². The fourth-order valence-electron chi connectivity index (χ4n) is 3.48. The fraction of sp³-hybridized carbons (Fsp3) is 0.368. The van der Waals surface area contributed by atoms with Crippen molar-refractivity contribution in [3.8, 4) is 5.75 Å². The highest BCUT2D eigenvalue weighted by atomic mass is 16.5. The summed E-state index contributed by atoms with van der Waals surface area (Å²) in [5.74, 6) is 1.02. The normalized spacial score (nSPS) is 18.5. The van der Waals surface area contributed by atoms with Gasteiger partial charge in [0.25, 0.3) is 0 Å². The molecule has 1 aliphatic carbocycles. The molecule has 1 unspecified atom stereocenters. The maximum atomic E-state index is 6.06. The largest absolute Gasteiger partial charge is 0.488 e. The number of benzene rings is 2. The minimum Gasteiger partial charge on any atom is -0.488 e. The Labute approximate surface area is 131 Å². The molecule has 0 spiro atoms. The van der Waals surface area contributed by atoms with Gasteiger partial charge in [0, 0.05) is 30.9 Å². The standard InChI is InChI=1S/C19H22N2O/c1-20-16-7-6-15-10-18(22-19(15)11-16)12-21-17-8-5-13-3-2-4-14(13)9-17/h5-9,11,18,20-21H,2-4,10,12H2,1H3. The summed E-state index contributed by atoms with van der Waals surface area (Å²) in [6.45, 7) is 0.850. The molecule has 0 saturated carbocycles. The van der Waals surface area contributed by atoms with Gasteiger partial charge in [-0.2, -0.15) is 0 Å². The predicted octanol–water partition coefficient (Wildman–Crippen LogP) is 3.63. The van der Waals surface area contributed by atoms with Gasteiger partial charge in [-0.3, -0.25) is 0 Å². The van der Waals surface area contributed by atoms with Crippen molar-refractivity contribution in [2.24, 2.45) is 0 Å². The van der Waals surface area contributed by atoms with Gasteiger partial charge in [-0.25, -0.2) is 0 Å². The fourth-order valence-corrected chi connectivity index (χ4v) is 3.48. The first-order valence-electron chi connectivity index (χ1n) is 8.15. The number of anilines is 2. The number of hydrogen-bond acceptors (Lipinski definition) is 3. The molecule has 4 rings (SSSR count). The van der Waals surface area contributed by atoms with Gasteiger partial charge in [0.05, 0.1) is 6.54 Å². The summed E-state index contributed by atoms with van der Waals surface area (Å²) in [6.07, 6.45) is 4.97. The van der Waals surface area contributed by atoms with Crippen molar-refractivity contribution >= 4 is 11.4 Å². The first kappa shape index (κ1) is 13.5. The Balaban J connectivity index is 1.39. The zero-order valence-corrected chi connectivity index (χ0v) is 13.0. The molecule has 2 aliphatic rings. The van der Waals surface area contributed by atoms with Gasteiger partial charge in [-0.05, 0) is 54.2 Å². The molecule has 1 aliphatic heterocycles. The molecule has 0 fully saturated rings. The van der Waals surface area contributed by atoms with Crippen LogP contribution in [-0.4, -0.2) is 19.7 Å². The summed E-state index contributed by atoms with van der Waals surface area (Å²) in [7, 11) is 1.93. The van der Waals surface area contributed by atoms with Crippen LogP contribution < -0.4 is 15.4 Å². The van der Waals surface area contributed by atoms with Crippen LogP contribution in [0.25, 0.3) is 0 Å². The second kappa shape index (κ2) is 5.56. The van der Waals surface area contributed by atoms with E-state index in [9.17, 15) is 0 Å². The van der Waals surface area contributed by atoms with Gasteiger partial charge < -0.3 is 15.4 Å². The Morgan fingerprint density at radius 3 is 2.73 bits per heavy atom. The molecular formula is C19H22N2O. The van der Waals surface area contributed by atoms with Crippen molar-refractivity contribution < 1.29 is 4.74 Å². The molecular weight excluding hydrogens is 272 g/mol. The molecule has 0 saturated heterocycles. The molecule has 3 heteroatoms. The molecule has 1 heterocycles. The van der Waals surface area contributed by atoms with Crippen LogP contribution in [-0.2, 0) is 19.3 Å². The van der Waals surface area contributed by atoms with E-state index in [0.29, 0.717) is 0 Å². The molecule has 2 N–H and O–H groups in total. The minimum atomic E-state index is 0.218. The van der Waals surface area contributed by atoms with Crippen LogP contribution in [0.5, 0.6) is 5.75 Å². The molecule has 114 valence electrons. The summed E-state index contributed by atoms with van der Waals surface area (Å²) in [5.41, 5.74) is 6.66. The third-order valence-corrected chi connectivity index (χ3v) is 4.73. The zero-order valence-electron chi connectivity index (χ0n) is 13.0. The van der Waals surface area contributed by atoms with Crippen molar-refractivity contribution in [3.05, 3.63) is 53.1 Å². The van der Waals surface area contributed by atoms with E-state index in [1.807, 2.05) is 7.05 Å².